The molecule has 7 N–H and O–H groups in total. The summed E-state index contributed by atoms with van der Waals surface area (Å²) < 4.78 is 6.66. The molecule has 0 aliphatic rings. The Morgan fingerprint density at radius 3 is 1.77 bits per heavy atom. The minimum atomic E-state index is -0.688. The number of hydrogen-bond acceptors (Lipinski definition) is 9. The van der Waals surface area contributed by atoms with Gasteiger partial charge in [-0.15, -0.1) is 0 Å². The molecule has 0 bridgehead atoms. The first-order chi connectivity index (χ1) is 24.9. The zero-order valence-corrected chi connectivity index (χ0v) is 29.0. The smallest absolute Gasteiger partial charge is 0.276 e. The Morgan fingerprint density at radius 2 is 1.25 bits per heavy atom. The number of primary amides is 2. The lowest BCUT2D eigenvalue weighted by molar-refractivity contribution is 0.0992. The molecule has 53 heavy (non-hydrogen) atoms. The zero-order chi connectivity index (χ0) is 37.3. The minimum Gasteiger partial charge on any atom is -0.392 e. The maximum absolute atomic E-state index is 13.5. The number of aliphatic hydroxyl groups excluding tert-OH is 1. The number of nitrogens with zero attached hydrogens (tertiary/aromatic N) is 8. The van der Waals surface area contributed by atoms with Gasteiger partial charge in [-0.1, -0.05) is 19.6 Å². The summed E-state index contributed by atoms with van der Waals surface area (Å²) in [6.45, 7) is 8.31. The highest BCUT2D eigenvalue weighted by Gasteiger charge is 2.22. The van der Waals surface area contributed by atoms with E-state index in [-0.39, 0.29) is 43.5 Å². The predicted molar refractivity (Wildman–Crippen MR) is 199 cm³/mol. The third-order valence-corrected chi connectivity index (χ3v) is 8.47. The summed E-state index contributed by atoms with van der Waals surface area (Å²) in [4.78, 5) is 60.1. The van der Waals surface area contributed by atoms with Crippen LogP contribution in [-0.4, -0.2) is 67.4 Å². The first kappa shape index (κ1) is 37.6. The lowest BCUT2D eigenvalue weighted by atomic mass is 10.1. The summed E-state index contributed by atoms with van der Waals surface area (Å²) in [5.74, 6) is -1.74. The van der Waals surface area contributed by atoms with Crippen LogP contribution in [0, 0.1) is 13.8 Å². The second kappa shape index (κ2) is 15.3. The van der Waals surface area contributed by atoms with Gasteiger partial charge in [0.15, 0.2) is 0 Å². The Kier molecular flexibility index (Phi) is 10.9. The van der Waals surface area contributed by atoms with Gasteiger partial charge < -0.3 is 25.7 Å². The first-order valence-corrected chi connectivity index (χ1v) is 16.5. The standard InChI is InChI=1S/C35H38N12O5.CH4/c1-5-46-27(13-19(3)42-46)32(51)40-34-38-24-16-21(30(36)49)9-10-26(24)44(34)11-7-8-12-45-29-23(18-48)15-22(31(37)50)17-25(29)39-35(45)41-33(52)28-14-20(4)43-47(28)6-2;/h7-10,13-17,48H,5-6,11-12,18H2,1-4H3,(H2,36,49)(H2,37,50)(H,38,40,51)(H,39,41,52);1H4/b8-7+;. The highest BCUT2D eigenvalue weighted by Crippen LogP contribution is 2.27. The number of carbonyl (C=O) groups is 4. The number of anilines is 2. The van der Waals surface area contributed by atoms with E-state index < -0.39 is 30.2 Å². The molecular weight excluding hydrogens is 680 g/mol. The summed E-state index contributed by atoms with van der Waals surface area (Å²) in [5, 5.41) is 24.8. The van der Waals surface area contributed by atoms with E-state index in [1.54, 1.807) is 62.7 Å². The Hall–Kier alpha value is -6.62. The number of rotatable bonds is 13. The lowest BCUT2D eigenvalue weighted by Crippen LogP contribution is -2.20. The van der Waals surface area contributed by atoms with E-state index >= 15 is 0 Å². The molecule has 17 heteroatoms. The Labute approximate surface area is 304 Å². The number of aliphatic hydroxyl groups is 1. The number of allylic oxidation sites excluding steroid dienone is 2. The van der Waals surface area contributed by atoms with Crippen LogP contribution in [0.5, 0.6) is 0 Å². The highest BCUT2D eigenvalue weighted by molar-refractivity contribution is 6.05. The zero-order valence-electron chi connectivity index (χ0n) is 29.0. The molecule has 0 saturated carbocycles. The van der Waals surface area contributed by atoms with Gasteiger partial charge in [0.25, 0.3) is 11.8 Å². The monoisotopic (exact) mass is 722 g/mol. The SMILES string of the molecule is C.CCn1nc(C)cc1C(=O)Nc1nc2cc(C(N)=O)ccc2n1C/C=C/Cn1c(NC(=O)c2cc(C)nn2CC)nc2cc(C(N)=O)cc(CO)c21. The molecular formula is C36H42N12O5. The number of aryl methyl sites for hydroxylation is 4. The van der Waals surface area contributed by atoms with Crippen LogP contribution >= 0.6 is 0 Å². The van der Waals surface area contributed by atoms with Crippen molar-refractivity contribution < 1.29 is 24.3 Å². The Balaban J connectivity index is 0.00000541. The van der Waals surface area contributed by atoms with E-state index in [2.05, 4.69) is 30.8 Å². The van der Waals surface area contributed by atoms with Gasteiger partial charge in [0.2, 0.25) is 23.7 Å². The van der Waals surface area contributed by atoms with Crippen molar-refractivity contribution in [3.05, 3.63) is 94.1 Å². The number of hydrogen-bond donors (Lipinski definition) is 5. The van der Waals surface area contributed by atoms with Crippen molar-refractivity contribution in [3.63, 3.8) is 0 Å². The molecule has 0 radical (unpaired) electrons. The number of imidazole rings is 2. The molecule has 276 valence electrons. The summed E-state index contributed by atoms with van der Waals surface area (Å²) >= 11 is 0. The average molecular weight is 723 g/mol. The molecule has 0 fully saturated rings. The normalized spacial score (nSPS) is 11.3. The summed E-state index contributed by atoms with van der Waals surface area (Å²) in [6, 6.07) is 11.2. The van der Waals surface area contributed by atoms with Crippen molar-refractivity contribution in [1.29, 1.82) is 0 Å². The van der Waals surface area contributed by atoms with Crippen molar-refractivity contribution in [2.75, 3.05) is 10.6 Å². The van der Waals surface area contributed by atoms with E-state index in [4.69, 9.17) is 11.5 Å². The summed E-state index contributed by atoms with van der Waals surface area (Å²) in [7, 11) is 0. The molecule has 0 spiro atoms. The number of amides is 4. The molecule has 17 nitrogen and oxygen atoms in total. The molecule has 4 amide bonds. The number of benzene rings is 2. The van der Waals surface area contributed by atoms with Gasteiger partial charge in [-0.3, -0.25) is 39.2 Å². The average Bonchev–Trinajstić information content (AvgIpc) is 3.88. The maximum Gasteiger partial charge on any atom is 0.276 e. The van der Waals surface area contributed by atoms with Crippen LogP contribution in [0.4, 0.5) is 11.9 Å². The summed E-state index contributed by atoms with van der Waals surface area (Å²) in [6.07, 6.45) is 3.66. The number of carbonyl (C=O) groups excluding carboxylic acids is 4. The quantitative estimate of drug-likeness (QED) is 0.110. The van der Waals surface area contributed by atoms with Gasteiger partial charge in [-0.2, -0.15) is 10.2 Å². The topological polar surface area (TPSA) is 236 Å². The van der Waals surface area contributed by atoms with Crippen LogP contribution in [0.3, 0.4) is 0 Å². The van der Waals surface area contributed by atoms with Crippen LogP contribution in [0.15, 0.2) is 54.6 Å². The van der Waals surface area contributed by atoms with Crippen LogP contribution in [0.25, 0.3) is 22.1 Å². The van der Waals surface area contributed by atoms with Gasteiger partial charge in [0.05, 0.1) is 40.1 Å². The molecule has 6 aromatic rings. The van der Waals surface area contributed by atoms with Crippen LogP contribution in [0.2, 0.25) is 0 Å². The van der Waals surface area contributed by atoms with Crippen molar-refractivity contribution >= 4 is 57.6 Å². The first-order valence-electron chi connectivity index (χ1n) is 16.5. The fourth-order valence-corrected chi connectivity index (χ4v) is 6.08. The fourth-order valence-electron chi connectivity index (χ4n) is 6.08. The third-order valence-electron chi connectivity index (χ3n) is 8.47. The van der Waals surface area contributed by atoms with E-state index in [0.29, 0.717) is 63.5 Å². The third kappa shape index (κ3) is 7.41. The van der Waals surface area contributed by atoms with Gasteiger partial charge in [-0.25, -0.2) is 9.97 Å². The molecule has 0 unspecified atom stereocenters. The number of aromatic nitrogens is 8. The van der Waals surface area contributed by atoms with E-state index in [1.165, 1.54) is 12.1 Å². The van der Waals surface area contributed by atoms with Gasteiger partial charge in [-0.05, 0) is 70.2 Å². The molecule has 0 atom stereocenters. The number of fused-ring (bicyclic) bond motifs is 2. The van der Waals surface area contributed by atoms with E-state index in [0.717, 1.165) is 0 Å². The molecule has 0 saturated heterocycles. The minimum absolute atomic E-state index is 0. The van der Waals surface area contributed by atoms with Gasteiger partial charge in [0, 0.05) is 42.9 Å². The fraction of sp³-hybridized carbons (Fsp3) is 0.278. The predicted octanol–water partition coefficient (Wildman–Crippen LogP) is 3.52. The van der Waals surface area contributed by atoms with Gasteiger partial charge in [0.1, 0.15) is 11.4 Å². The van der Waals surface area contributed by atoms with Crippen LogP contribution in [0.1, 0.15) is 79.9 Å². The Morgan fingerprint density at radius 1 is 0.736 bits per heavy atom. The molecule has 4 heterocycles. The highest BCUT2D eigenvalue weighted by atomic mass is 16.3. The summed E-state index contributed by atoms with van der Waals surface area (Å²) in [5.41, 5.74) is 15.9. The molecule has 4 aromatic heterocycles. The van der Waals surface area contributed by atoms with E-state index in [1.807, 2.05) is 26.0 Å². The maximum atomic E-state index is 13.5. The Bertz CT molecular complexity index is 2410. The molecule has 2 aromatic carbocycles. The largest absolute Gasteiger partial charge is 0.392 e. The van der Waals surface area contributed by atoms with Crippen molar-refractivity contribution in [2.24, 2.45) is 11.5 Å². The van der Waals surface area contributed by atoms with Crippen molar-refractivity contribution in [3.8, 4) is 0 Å². The van der Waals surface area contributed by atoms with Crippen molar-refractivity contribution in [2.45, 2.75) is 67.9 Å². The van der Waals surface area contributed by atoms with Crippen LogP contribution in [-0.2, 0) is 32.8 Å². The van der Waals surface area contributed by atoms with Crippen molar-refractivity contribution in [1.82, 2.24) is 38.7 Å². The van der Waals surface area contributed by atoms with Crippen LogP contribution < -0.4 is 22.1 Å². The second-order valence-corrected chi connectivity index (χ2v) is 12.0. The molecule has 6 rings (SSSR count). The number of nitrogens with two attached hydrogens (primary N) is 2. The molecule has 0 aliphatic heterocycles. The second-order valence-electron chi connectivity index (χ2n) is 12.0. The van der Waals surface area contributed by atoms with Gasteiger partial charge >= 0.3 is 0 Å². The lowest BCUT2D eigenvalue weighted by Gasteiger charge is -2.11. The molecule has 0 aliphatic carbocycles. The van der Waals surface area contributed by atoms with E-state index in [9.17, 15) is 24.3 Å². The number of nitrogens with one attached hydrogen (secondary N) is 2.